The molecule has 0 radical (unpaired) electrons. The quantitative estimate of drug-likeness (QED) is 0.702. The fourth-order valence-corrected chi connectivity index (χ4v) is 2.75. The summed E-state index contributed by atoms with van der Waals surface area (Å²) < 4.78 is 0. The van der Waals surface area contributed by atoms with Crippen LogP contribution in [0.15, 0.2) is 0 Å². The Morgan fingerprint density at radius 1 is 1.38 bits per heavy atom. The molecule has 0 aliphatic heterocycles. The van der Waals surface area contributed by atoms with Gasteiger partial charge in [0.15, 0.2) is 0 Å². The molecule has 1 unspecified atom stereocenters. The van der Waals surface area contributed by atoms with Gasteiger partial charge in [0, 0.05) is 6.04 Å². The summed E-state index contributed by atoms with van der Waals surface area (Å²) in [6, 6.07) is 0.373. The molecular formula is C12H24N2OS. The van der Waals surface area contributed by atoms with E-state index in [1.807, 2.05) is 0 Å². The van der Waals surface area contributed by atoms with E-state index in [1.165, 1.54) is 38.5 Å². The zero-order valence-corrected chi connectivity index (χ0v) is 11.0. The molecule has 0 aromatic heterocycles. The standard InChI is InChI=1S/C12H24N2OS/c1-16-9-8-11(12(13)15)14-10-6-4-2-3-5-7-10/h10-11,14H,2-9H2,1H3,(H2,13,15). The van der Waals surface area contributed by atoms with Crippen molar-refractivity contribution < 1.29 is 4.79 Å². The van der Waals surface area contributed by atoms with E-state index in [4.69, 9.17) is 5.73 Å². The van der Waals surface area contributed by atoms with E-state index in [-0.39, 0.29) is 11.9 Å². The Labute approximate surface area is 103 Å². The number of thioether (sulfide) groups is 1. The van der Waals surface area contributed by atoms with Crippen LogP contribution in [-0.2, 0) is 4.79 Å². The second-order valence-electron chi connectivity index (χ2n) is 4.59. The normalized spacial score (nSPS) is 20.3. The van der Waals surface area contributed by atoms with Crippen molar-refractivity contribution >= 4 is 17.7 Å². The first kappa shape index (κ1) is 13.8. The summed E-state index contributed by atoms with van der Waals surface area (Å²) in [6.07, 6.45) is 10.6. The topological polar surface area (TPSA) is 55.1 Å². The summed E-state index contributed by atoms with van der Waals surface area (Å²) in [5.74, 6) is 0.797. The Bertz CT molecular complexity index is 203. The van der Waals surface area contributed by atoms with Gasteiger partial charge in [-0.05, 0) is 31.3 Å². The first-order valence-electron chi connectivity index (χ1n) is 6.28. The van der Waals surface area contributed by atoms with Crippen LogP contribution >= 0.6 is 11.8 Å². The molecule has 16 heavy (non-hydrogen) atoms. The van der Waals surface area contributed by atoms with Crippen LogP contribution in [0.2, 0.25) is 0 Å². The van der Waals surface area contributed by atoms with Crippen LogP contribution in [0.5, 0.6) is 0 Å². The maximum absolute atomic E-state index is 11.3. The highest BCUT2D eigenvalue weighted by atomic mass is 32.2. The predicted octanol–water partition coefficient (Wildman–Crippen LogP) is 1.91. The van der Waals surface area contributed by atoms with Crippen LogP contribution in [0.1, 0.15) is 44.9 Å². The lowest BCUT2D eigenvalue weighted by molar-refractivity contribution is -0.120. The first-order chi connectivity index (χ1) is 7.74. The van der Waals surface area contributed by atoms with Gasteiger partial charge in [-0.15, -0.1) is 0 Å². The van der Waals surface area contributed by atoms with Crippen LogP contribution in [0.4, 0.5) is 0 Å². The molecule has 3 N–H and O–H groups in total. The van der Waals surface area contributed by atoms with Crippen molar-refractivity contribution in [3.8, 4) is 0 Å². The van der Waals surface area contributed by atoms with E-state index in [0.717, 1.165) is 12.2 Å². The predicted molar refractivity (Wildman–Crippen MR) is 70.6 cm³/mol. The van der Waals surface area contributed by atoms with Gasteiger partial charge < -0.3 is 11.1 Å². The second kappa shape index (κ2) is 7.96. The molecule has 1 amide bonds. The van der Waals surface area contributed by atoms with Crippen LogP contribution in [0.3, 0.4) is 0 Å². The fraction of sp³-hybridized carbons (Fsp3) is 0.917. The van der Waals surface area contributed by atoms with E-state index in [9.17, 15) is 4.79 Å². The molecule has 3 nitrogen and oxygen atoms in total. The van der Waals surface area contributed by atoms with Crippen molar-refractivity contribution in [1.82, 2.24) is 5.32 Å². The Morgan fingerprint density at radius 2 is 2.00 bits per heavy atom. The number of hydrogen-bond donors (Lipinski definition) is 2. The van der Waals surface area contributed by atoms with E-state index >= 15 is 0 Å². The molecule has 0 saturated heterocycles. The second-order valence-corrected chi connectivity index (χ2v) is 5.58. The van der Waals surface area contributed by atoms with Crippen molar-refractivity contribution in [3.05, 3.63) is 0 Å². The van der Waals surface area contributed by atoms with Gasteiger partial charge >= 0.3 is 0 Å². The molecule has 4 heteroatoms. The number of primary amides is 1. The third kappa shape index (κ3) is 5.21. The molecule has 1 fully saturated rings. The molecule has 0 bridgehead atoms. The van der Waals surface area contributed by atoms with E-state index in [0.29, 0.717) is 6.04 Å². The molecule has 1 aliphatic carbocycles. The SMILES string of the molecule is CSCCC(NC1CCCCCC1)C(N)=O. The minimum Gasteiger partial charge on any atom is -0.368 e. The number of nitrogens with two attached hydrogens (primary N) is 1. The molecular weight excluding hydrogens is 220 g/mol. The number of nitrogens with one attached hydrogen (secondary N) is 1. The number of amides is 1. The number of carbonyl (C=O) groups excluding carboxylic acids is 1. The van der Waals surface area contributed by atoms with Crippen molar-refractivity contribution in [2.45, 2.75) is 57.0 Å². The van der Waals surface area contributed by atoms with E-state index in [2.05, 4.69) is 11.6 Å². The van der Waals surface area contributed by atoms with Crippen LogP contribution in [-0.4, -0.2) is 30.0 Å². The highest BCUT2D eigenvalue weighted by Crippen LogP contribution is 2.18. The Morgan fingerprint density at radius 3 is 2.50 bits per heavy atom. The monoisotopic (exact) mass is 244 g/mol. The molecule has 0 aromatic rings. The highest BCUT2D eigenvalue weighted by molar-refractivity contribution is 7.98. The van der Waals surface area contributed by atoms with Crippen LogP contribution < -0.4 is 11.1 Å². The van der Waals surface area contributed by atoms with Crippen molar-refractivity contribution in [2.24, 2.45) is 5.73 Å². The van der Waals surface area contributed by atoms with Gasteiger partial charge in [-0.3, -0.25) is 4.79 Å². The van der Waals surface area contributed by atoms with Gasteiger partial charge in [0.25, 0.3) is 0 Å². The average Bonchev–Trinajstić information content (AvgIpc) is 2.52. The van der Waals surface area contributed by atoms with Gasteiger partial charge in [0.05, 0.1) is 6.04 Å². The van der Waals surface area contributed by atoms with Crippen LogP contribution in [0.25, 0.3) is 0 Å². The Hall–Kier alpha value is -0.220. The molecule has 0 heterocycles. The van der Waals surface area contributed by atoms with Crippen molar-refractivity contribution in [1.29, 1.82) is 0 Å². The molecule has 1 saturated carbocycles. The lowest BCUT2D eigenvalue weighted by Gasteiger charge is -2.22. The summed E-state index contributed by atoms with van der Waals surface area (Å²) in [7, 11) is 0. The molecule has 0 aromatic carbocycles. The third-order valence-electron chi connectivity index (χ3n) is 3.25. The average molecular weight is 244 g/mol. The lowest BCUT2D eigenvalue weighted by Crippen LogP contribution is -2.46. The maximum Gasteiger partial charge on any atom is 0.234 e. The summed E-state index contributed by atoms with van der Waals surface area (Å²) >= 11 is 1.77. The smallest absolute Gasteiger partial charge is 0.234 e. The summed E-state index contributed by atoms with van der Waals surface area (Å²) in [5.41, 5.74) is 5.42. The minimum absolute atomic E-state index is 0.129. The highest BCUT2D eigenvalue weighted by Gasteiger charge is 2.20. The minimum atomic E-state index is -0.196. The van der Waals surface area contributed by atoms with E-state index < -0.39 is 0 Å². The molecule has 1 rings (SSSR count). The van der Waals surface area contributed by atoms with Gasteiger partial charge in [0.1, 0.15) is 0 Å². The lowest BCUT2D eigenvalue weighted by atomic mass is 10.1. The largest absolute Gasteiger partial charge is 0.368 e. The first-order valence-corrected chi connectivity index (χ1v) is 7.67. The Balaban J connectivity index is 2.36. The summed E-state index contributed by atoms with van der Waals surface area (Å²) in [5, 5.41) is 3.44. The van der Waals surface area contributed by atoms with Crippen molar-refractivity contribution in [2.75, 3.05) is 12.0 Å². The number of rotatable bonds is 6. The maximum atomic E-state index is 11.3. The van der Waals surface area contributed by atoms with E-state index in [1.54, 1.807) is 11.8 Å². The van der Waals surface area contributed by atoms with Gasteiger partial charge in [-0.25, -0.2) is 0 Å². The molecule has 1 aliphatic rings. The van der Waals surface area contributed by atoms with Crippen LogP contribution in [0, 0.1) is 0 Å². The summed E-state index contributed by atoms with van der Waals surface area (Å²) in [6.45, 7) is 0. The van der Waals surface area contributed by atoms with Gasteiger partial charge in [-0.1, -0.05) is 25.7 Å². The van der Waals surface area contributed by atoms with Gasteiger partial charge in [0.2, 0.25) is 5.91 Å². The zero-order chi connectivity index (χ0) is 11.8. The number of hydrogen-bond acceptors (Lipinski definition) is 3. The molecule has 0 spiro atoms. The summed E-state index contributed by atoms with van der Waals surface area (Å²) in [4.78, 5) is 11.3. The molecule has 1 atom stereocenters. The molecule has 94 valence electrons. The van der Waals surface area contributed by atoms with Gasteiger partial charge in [-0.2, -0.15) is 11.8 Å². The zero-order valence-electron chi connectivity index (χ0n) is 10.2. The number of carbonyl (C=O) groups is 1. The van der Waals surface area contributed by atoms with Crippen molar-refractivity contribution in [3.63, 3.8) is 0 Å². The third-order valence-corrected chi connectivity index (χ3v) is 3.89. The fourth-order valence-electron chi connectivity index (χ4n) is 2.27. The Kier molecular flexibility index (Phi) is 6.88.